The summed E-state index contributed by atoms with van der Waals surface area (Å²) in [6, 6.07) is 0.265. The normalized spacial score (nSPS) is 13.4. The third-order valence-corrected chi connectivity index (χ3v) is 3.92. The van der Waals surface area contributed by atoms with Crippen LogP contribution in [-0.4, -0.2) is 15.8 Å². The number of nitrogens with two attached hydrogens (primary N) is 1. The van der Waals surface area contributed by atoms with Crippen LogP contribution in [0.1, 0.15) is 50.1 Å². The van der Waals surface area contributed by atoms with E-state index in [0.29, 0.717) is 0 Å². The first kappa shape index (κ1) is 14.2. The highest BCUT2D eigenvalue weighted by Crippen LogP contribution is 2.19. The predicted octanol–water partition coefficient (Wildman–Crippen LogP) is 2.73. The zero-order chi connectivity index (χ0) is 13.0. The van der Waals surface area contributed by atoms with Crippen LogP contribution in [0.25, 0.3) is 0 Å². The average molecular weight is 237 g/mol. The number of hydrogen-bond donors (Lipinski definition) is 1. The Hall–Kier alpha value is -0.830. The van der Waals surface area contributed by atoms with Gasteiger partial charge in [-0.3, -0.25) is 4.68 Å². The van der Waals surface area contributed by atoms with Crippen LogP contribution in [-0.2, 0) is 13.5 Å². The Morgan fingerprint density at radius 3 is 2.24 bits per heavy atom. The van der Waals surface area contributed by atoms with Crippen molar-refractivity contribution in [3.63, 3.8) is 0 Å². The molecule has 3 nitrogen and oxygen atoms in total. The molecular formula is C14H27N3. The van der Waals surface area contributed by atoms with Crippen LogP contribution in [0.4, 0.5) is 0 Å². The molecule has 1 rings (SSSR count). The van der Waals surface area contributed by atoms with Crippen LogP contribution in [0.5, 0.6) is 0 Å². The van der Waals surface area contributed by atoms with Gasteiger partial charge in [0.1, 0.15) is 0 Å². The minimum absolute atomic E-state index is 0.265. The second-order valence-electron chi connectivity index (χ2n) is 5.16. The molecule has 1 aromatic heterocycles. The third kappa shape index (κ3) is 3.56. The Morgan fingerprint density at radius 1 is 1.24 bits per heavy atom. The molecule has 1 aromatic rings. The Labute approximate surface area is 105 Å². The van der Waals surface area contributed by atoms with Gasteiger partial charge in [-0.05, 0) is 38.2 Å². The largest absolute Gasteiger partial charge is 0.327 e. The van der Waals surface area contributed by atoms with E-state index < -0.39 is 0 Å². The summed E-state index contributed by atoms with van der Waals surface area (Å²) >= 11 is 0. The number of aromatic nitrogens is 2. The van der Waals surface area contributed by atoms with Crippen molar-refractivity contribution in [1.29, 1.82) is 0 Å². The van der Waals surface area contributed by atoms with Crippen LogP contribution in [0.2, 0.25) is 0 Å². The zero-order valence-electron chi connectivity index (χ0n) is 12.0. The van der Waals surface area contributed by atoms with Gasteiger partial charge in [-0.25, -0.2) is 0 Å². The third-order valence-electron chi connectivity index (χ3n) is 3.92. The molecule has 17 heavy (non-hydrogen) atoms. The van der Waals surface area contributed by atoms with Gasteiger partial charge in [0.2, 0.25) is 0 Å². The first-order chi connectivity index (χ1) is 7.99. The molecule has 0 bridgehead atoms. The van der Waals surface area contributed by atoms with Crippen molar-refractivity contribution in [1.82, 2.24) is 9.78 Å². The zero-order valence-corrected chi connectivity index (χ0v) is 12.0. The Bertz CT molecular complexity index is 351. The molecule has 0 aliphatic carbocycles. The maximum Gasteiger partial charge on any atom is 0.0628 e. The Balaban J connectivity index is 2.64. The van der Waals surface area contributed by atoms with Gasteiger partial charge in [0.15, 0.2) is 0 Å². The first-order valence-corrected chi connectivity index (χ1v) is 6.74. The van der Waals surface area contributed by atoms with Crippen LogP contribution in [0.3, 0.4) is 0 Å². The van der Waals surface area contributed by atoms with E-state index in [1.807, 2.05) is 11.7 Å². The van der Waals surface area contributed by atoms with Gasteiger partial charge in [0, 0.05) is 18.8 Å². The van der Waals surface area contributed by atoms with Gasteiger partial charge in [0.25, 0.3) is 0 Å². The molecule has 2 N–H and O–H groups in total. The van der Waals surface area contributed by atoms with E-state index in [1.165, 1.54) is 24.1 Å². The van der Waals surface area contributed by atoms with Gasteiger partial charge in [-0.15, -0.1) is 0 Å². The van der Waals surface area contributed by atoms with Gasteiger partial charge < -0.3 is 5.73 Å². The predicted molar refractivity (Wildman–Crippen MR) is 73.1 cm³/mol. The second kappa shape index (κ2) is 6.20. The lowest BCUT2D eigenvalue weighted by Crippen LogP contribution is -2.26. The molecule has 0 aliphatic rings. The quantitative estimate of drug-likeness (QED) is 0.826. The van der Waals surface area contributed by atoms with Gasteiger partial charge >= 0.3 is 0 Å². The van der Waals surface area contributed by atoms with E-state index in [-0.39, 0.29) is 6.04 Å². The highest BCUT2D eigenvalue weighted by Gasteiger charge is 2.15. The number of aryl methyl sites for hydroxylation is 2. The summed E-state index contributed by atoms with van der Waals surface area (Å²) in [6.45, 7) is 8.70. The summed E-state index contributed by atoms with van der Waals surface area (Å²) < 4.78 is 1.95. The van der Waals surface area contributed by atoms with Crippen LogP contribution < -0.4 is 5.73 Å². The minimum Gasteiger partial charge on any atom is -0.327 e. The molecule has 0 saturated carbocycles. The van der Waals surface area contributed by atoms with Crippen molar-refractivity contribution in [2.45, 2.75) is 59.4 Å². The van der Waals surface area contributed by atoms with Gasteiger partial charge in [-0.2, -0.15) is 5.10 Å². The molecular weight excluding hydrogens is 210 g/mol. The van der Waals surface area contributed by atoms with Crippen LogP contribution >= 0.6 is 0 Å². The molecule has 3 heteroatoms. The van der Waals surface area contributed by atoms with E-state index in [0.717, 1.165) is 24.5 Å². The second-order valence-corrected chi connectivity index (χ2v) is 5.16. The van der Waals surface area contributed by atoms with Crippen LogP contribution in [0, 0.1) is 19.8 Å². The summed E-state index contributed by atoms with van der Waals surface area (Å²) in [6.07, 6.45) is 4.55. The van der Waals surface area contributed by atoms with E-state index in [1.54, 1.807) is 0 Å². The number of rotatable bonds is 6. The maximum atomic E-state index is 6.27. The number of hydrogen-bond acceptors (Lipinski definition) is 2. The molecule has 0 amide bonds. The lowest BCUT2D eigenvalue weighted by atomic mass is 9.91. The maximum absolute atomic E-state index is 6.27. The minimum atomic E-state index is 0.265. The molecule has 0 aliphatic heterocycles. The van der Waals surface area contributed by atoms with Crippen molar-refractivity contribution in [3.05, 3.63) is 17.0 Å². The van der Waals surface area contributed by atoms with Crippen molar-refractivity contribution < 1.29 is 0 Å². The van der Waals surface area contributed by atoms with Crippen molar-refractivity contribution >= 4 is 0 Å². The smallest absolute Gasteiger partial charge is 0.0628 e. The monoisotopic (exact) mass is 237 g/mol. The van der Waals surface area contributed by atoms with E-state index in [2.05, 4.69) is 32.8 Å². The van der Waals surface area contributed by atoms with Gasteiger partial charge in [-0.1, -0.05) is 26.7 Å². The van der Waals surface area contributed by atoms with Crippen molar-refractivity contribution in [3.8, 4) is 0 Å². The molecule has 0 radical (unpaired) electrons. The van der Waals surface area contributed by atoms with Crippen molar-refractivity contribution in [2.24, 2.45) is 18.7 Å². The summed E-state index contributed by atoms with van der Waals surface area (Å²) in [5.74, 6) is 0.766. The molecule has 1 unspecified atom stereocenters. The SMILES string of the molecule is CCC(CC)CC(N)Cc1c(C)nn(C)c1C. The summed E-state index contributed by atoms with van der Waals surface area (Å²) in [5.41, 5.74) is 9.99. The number of nitrogens with zero attached hydrogens (tertiary/aromatic N) is 2. The lowest BCUT2D eigenvalue weighted by molar-refractivity contribution is 0.407. The topological polar surface area (TPSA) is 43.8 Å². The Morgan fingerprint density at radius 2 is 1.82 bits per heavy atom. The fourth-order valence-corrected chi connectivity index (χ4v) is 2.51. The van der Waals surface area contributed by atoms with E-state index in [4.69, 9.17) is 5.73 Å². The summed E-state index contributed by atoms with van der Waals surface area (Å²) in [5, 5.41) is 4.44. The fraction of sp³-hybridized carbons (Fsp3) is 0.786. The van der Waals surface area contributed by atoms with Gasteiger partial charge in [0.05, 0.1) is 5.69 Å². The molecule has 1 heterocycles. The first-order valence-electron chi connectivity index (χ1n) is 6.74. The molecule has 98 valence electrons. The molecule has 0 spiro atoms. The summed E-state index contributed by atoms with van der Waals surface area (Å²) in [7, 11) is 2.00. The summed E-state index contributed by atoms with van der Waals surface area (Å²) in [4.78, 5) is 0. The molecule has 0 saturated heterocycles. The van der Waals surface area contributed by atoms with E-state index in [9.17, 15) is 0 Å². The molecule has 0 fully saturated rings. The van der Waals surface area contributed by atoms with Crippen LogP contribution in [0.15, 0.2) is 0 Å². The van der Waals surface area contributed by atoms with Crippen molar-refractivity contribution in [2.75, 3.05) is 0 Å². The highest BCUT2D eigenvalue weighted by atomic mass is 15.3. The standard InChI is InChI=1S/C14H27N3/c1-6-12(7-2)8-13(15)9-14-10(3)16-17(5)11(14)4/h12-13H,6-9,15H2,1-5H3. The highest BCUT2D eigenvalue weighted by molar-refractivity contribution is 5.25. The molecule has 0 aromatic carbocycles. The van der Waals surface area contributed by atoms with E-state index >= 15 is 0 Å². The molecule has 1 atom stereocenters. The lowest BCUT2D eigenvalue weighted by Gasteiger charge is -2.18. The fourth-order valence-electron chi connectivity index (χ4n) is 2.51. The Kier molecular flexibility index (Phi) is 5.19. The average Bonchev–Trinajstić information content (AvgIpc) is 2.53.